The molecule has 0 aliphatic carbocycles. The molecule has 1 amide bonds. The second kappa shape index (κ2) is 7.50. The Hall–Kier alpha value is -3.75. The Morgan fingerprint density at radius 3 is 2.52 bits per heavy atom. The molecule has 0 spiro atoms. The van der Waals surface area contributed by atoms with Crippen LogP contribution in [0.5, 0.6) is 0 Å². The minimum atomic E-state index is -0.396. The van der Waals surface area contributed by atoms with Crippen LogP contribution in [0.25, 0.3) is 16.6 Å². The lowest BCUT2D eigenvalue weighted by atomic mass is 10.2. The van der Waals surface area contributed by atoms with Crippen molar-refractivity contribution >= 4 is 28.1 Å². The fourth-order valence-electron chi connectivity index (χ4n) is 4.13. The molecule has 8 nitrogen and oxygen atoms in total. The van der Waals surface area contributed by atoms with Crippen LogP contribution in [-0.4, -0.2) is 56.2 Å². The number of rotatable bonds is 3. The summed E-state index contributed by atoms with van der Waals surface area (Å²) in [4.78, 5) is 34.1. The number of amides is 1. The number of carbonyl (C=O) groups excluding carboxylic acids is 1. The first-order chi connectivity index (χ1) is 15.0. The van der Waals surface area contributed by atoms with E-state index in [4.69, 9.17) is 0 Å². The van der Waals surface area contributed by atoms with E-state index in [0.717, 1.165) is 5.39 Å². The monoisotopic (exact) mass is 420 g/mol. The van der Waals surface area contributed by atoms with Crippen LogP contribution in [0.15, 0.2) is 53.3 Å². The SMILES string of the molecule is Cc1nc2c3ccccc3n(CC(=O)N3CCN(c4ccccc4F)CC3)c(=O)n2n1. The van der Waals surface area contributed by atoms with E-state index >= 15 is 0 Å². The van der Waals surface area contributed by atoms with Crippen molar-refractivity contribution in [2.24, 2.45) is 0 Å². The molecule has 31 heavy (non-hydrogen) atoms. The fourth-order valence-corrected chi connectivity index (χ4v) is 4.13. The topological polar surface area (TPSA) is 75.7 Å². The van der Waals surface area contributed by atoms with Crippen molar-refractivity contribution in [3.05, 3.63) is 70.7 Å². The zero-order valence-corrected chi connectivity index (χ0v) is 17.0. The maximum atomic E-state index is 14.1. The Kier molecular flexibility index (Phi) is 4.65. The summed E-state index contributed by atoms with van der Waals surface area (Å²) in [6, 6.07) is 14.0. The summed E-state index contributed by atoms with van der Waals surface area (Å²) in [5, 5.41) is 4.96. The van der Waals surface area contributed by atoms with Crippen LogP contribution in [-0.2, 0) is 11.3 Å². The number of piperazine rings is 1. The molecule has 1 fully saturated rings. The van der Waals surface area contributed by atoms with Crippen LogP contribution in [0.2, 0.25) is 0 Å². The summed E-state index contributed by atoms with van der Waals surface area (Å²) in [5.41, 5.74) is 1.28. The molecule has 0 N–H and O–H groups in total. The number of carbonyl (C=O) groups is 1. The van der Waals surface area contributed by atoms with Gasteiger partial charge >= 0.3 is 5.69 Å². The molecule has 0 radical (unpaired) electrons. The van der Waals surface area contributed by atoms with E-state index in [1.807, 2.05) is 29.2 Å². The lowest BCUT2D eigenvalue weighted by Crippen LogP contribution is -2.50. The van der Waals surface area contributed by atoms with Gasteiger partial charge in [-0.15, -0.1) is 5.10 Å². The van der Waals surface area contributed by atoms with Crippen LogP contribution < -0.4 is 10.6 Å². The number of para-hydroxylation sites is 2. The highest BCUT2D eigenvalue weighted by atomic mass is 19.1. The van der Waals surface area contributed by atoms with Crippen LogP contribution >= 0.6 is 0 Å². The molecular weight excluding hydrogens is 399 g/mol. The first kappa shape index (κ1) is 19.2. The molecule has 5 rings (SSSR count). The first-order valence-corrected chi connectivity index (χ1v) is 10.1. The minimum Gasteiger partial charge on any atom is -0.366 e. The van der Waals surface area contributed by atoms with Gasteiger partial charge in [-0.05, 0) is 31.2 Å². The van der Waals surface area contributed by atoms with Gasteiger partial charge in [-0.2, -0.15) is 4.52 Å². The fraction of sp³-hybridized carbons (Fsp3) is 0.273. The van der Waals surface area contributed by atoms with Gasteiger partial charge in [0.1, 0.15) is 18.2 Å². The second-order valence-electron chi connectivity index (χ2n) is 7.60. The molecule has 158 valence electrons. The quantitative estimate of drug-likeness (QED) is 0.506. The highest BCUT2D eigenvalue weighted by Crippen LogP contribution is 2.21. The molecular formula is C22H21FN6O2. The molecule has 2 aromatic heterocycles. The van der Waals surface area contributed by atoms with Crippen LogP contribution in [0.3, 0.4) is 0 Å². The van der Waals surface area contributed by atoms with Gasteiger partial charge < -0.3 is 9.80 Å². The van der Waals surface area contributed by atoms with Crippen molar-refractivity contribution < 1.29 is 9.18 Å². The van der Waals surface area contributed by atoms with E-state index in [1.165, 1.54) is 15.1 Å². The average Bonchev–Trinajstić information content (AvgIpc) is 3.19. The van der Waals surface area contributed by atoms with Gasteiger partial charge in [-0.25, -0.2) is 14.2 Å². The third kappa shape index (κ3) is 3.31. The largest absolute Gasteiger partial charge is 0.366 e. The maximum absolute atomic E-state index is 14.1. The summed E-state index contributed by atoms with van der Waals surface area (Å²) in [6.07, 6.45) is 0. The van der Waals surface area contributed by atoms with Gasteiger partial charge in [0.2, 0.25) is 5.91 Å². The predicted octanol–water partition coefficient (Wildman–Crippen LogP) is 1.84. The van der Waals surface area contributed by atoms with Crippen molar-refractivity contribution in [2.75, 3.05) is 31.1 Å². The van der Waals surface area contributed by atoms with Gasteiger partial charge in [0.25, 0.3) is 0 Å². The summed E-state index contributed by atoms with van der Waals surface area (Å²) in [5.74, 6) is 0.0731. The molecule has 2 aromatic carbocycles. The highest BCUT2D eigenvalue weighted by molar-refractivity contribution is 5.92. The highest BCUT2D eigenvalue weighted by Gasteiger charge is 2.24. The summed E-state index contributed by atoms with van der Waals surface area (Å²) >= 11 is 0. The molecule has 1 aliphatic rings. The van der Waals surface area contributed by atoms with Crippen molar-refractivity contribution in [1.29, 1.82) is 0 Å². The zero-order valence-electron chi connectivity index (χ0n) is 17.0. The van der Waals surface area contributed by atoms with E-state index in [-0.39, 0.29) is 18.3 Å². The summed E-state index contributed by atoms with van der Waals surface area (Å²) < 4.78 is 16.8. The Bertz CT molecular complexity index is 1350. The predicted molar refractivity (Wildman–Crippen MR) is 115 cm³/mol. The van der Waals surface area contributed by atoms with E-state index in [0.29, 0.717) is 48.9 Å². The number of aromatic nitrogens is 4. The van der Waals surface area contributed by atoms with Crippen LogP contribution in [0.1, 0.15) is 5.82 Å². The lowest BCUT2D eigenvalue weighted by Gasteiger charge is -2.36. The lowest BCUT2D eigenvalue weighted by molar-refractivity contribution is -0.132. The number of hydrogen-bond acceptors (Lipinski definition) is 5. The van der Waals surface area contributed by atoms with E-state index in [9.17, 15) is 14.0 Å². The van der Waals surface area contributed by atoms with E-state index in [1.54, 1.807) is 30.0 Å². The third-order valence-electron chi connectivity index (χ3n) is 5.68. The number of aryl methyl sites for hydroxylation is 1. The van der Waals surface area contributed by atoms with E-state index in [2.05, 4.69) is 10.1 Å². The molecule has 9 heteroatoms. The van der Waals surface area contributed by atoms with Crippen molar-refractivity contribution in [1.82, 2.24) is 24.1 Å². The zero-order chi connectivity index (χ0) is 21.5. The Labute approximate surface area is 177 Å². The molecule has 1 aliphatic heterocycles. The molecule has 1 saturated heterocycles. The van der Waals surface area contributed by atoms with Crippen molar-refractivity contribution in [2.45, 2.75) is 13.5 Å². The van der Waals surface area contributed by atoms with Crippen LogP contribution in [0, 0.1) is 12.7 Å². The number of halogens is 1. The van der Waals surface area contributed by atoms with E-state index < -0.39 is 5.69 Å². The normalized spacial score (nSPS) is 14.5. The molecule has 3 heterocycles. The Balaban J connectivity index is 1.40. The first-order valence-electron chi connectivity index (χ1n) is 10.1. The number of anilines is 1. The number of hydrogen-bond donors (Lipinski definition) is 0. The van der Waals surface area contributed by atoms with Crippen LogP contribution in [0.4, 0.5) is 10.1 Å². The van der Waals surface area contributed by atoms with Gasteiger partial charge in [0, 0.05) is 31.6 Å². The second-order valence-corrected chi connectivity index (χ2v) is 7.60. The number of benzene rings is 2. The molecule has 0 bridgehead atoms. The van der Waals surface area contributed by atoms with Gasteiger partial charge in [0.05, 0.1) is 11.2 Å². The Morgan fingerprint density at radius 2 is 1.74 bits per heavy atom. The minimum absolute atomic E-state index is 0.0894. The number of nitrogens with zero attached hydrogens (tertiary/aromatic N) is 6. The molecule has 4 aromatic rings. The maximum Gasteiger partial charge on any atom is 0.351 e. The smallest absolute Gasteiger partial charge is 0.351 e. The van der Waals surface area contributed by atoms with Gasteiger partial charge in [0.15, 0.2) is 5.65 Å². The van der Waals surface area contributed by atoms with Gasteiger partial charge in [-0.3, -0.25) is 9.36 Å². The number of fused-ring (bicyclic) bond motifs is 3. The Morgan fingerprint density at radius 1 is 1.03 bits per heavy atom. The average molecular weight is 420 g/mol. The summed E-state index contributed by atoms with van der Waals surface area (Å²) in [6.45, 7) is 3.63. The van der Waals surface area contributed by atoms with Gasteiger partial charge in [-0.1, -0.05) is 24.3 Å². The van der Waals surface area contributed by atoms with Crippen molar-refractivity contribution in [3.8, 4) is 0 Å². The third-order valence-corrected chi connectivity index (χ3v) is 5.68. The molecule has 0 atom stereocenters. The molecule has 0 saturated carbocycles. The van der Waals surface area contributed by atoms with Crippen molar-refractivity contribution in [3.63, 3.8) is 0 Å². The standard InChI is InChI=1S/C22H21FN6O2/c1-15-24-21-16-6-2-4-8-18(16)28(22(31)29(21)25-15)14-20(30)27-12-10-26(11-13-27)19-9-5-3-7-17(19)23/h2-9H,10-14H2,1H3. The summed E-state index contributed by atoms with van der Waals surface area (Å²) in [7, 11) is 0. The molecule has 0 unspecified atom stereocenters.